The van der Waals surface area contributed by atoms with Crippen LogP contribution < -0.4 is 11.1 Å². The van der Waals surface area contributed by atoms with Crippen molar-refractivity contribution in [2.45, 2.75) is 25.4 Å². The van der Waals surface area contributed by atoms with E-state index in [2.05, 4.69) is 12.2 Å². The number of amides is 1. The molecule has 1 aromatic carbocycles. The van der Waals surface area contributed by atoms with Crippen LogP contribution in [0.5, 0.6) is 0 Å². The Hall–Kier alpha value is -1.39. The van der Waals surface area contributed by atoms with Crippen molar-refractivity contribution >= 4 is 5.91 Å². The Morgan fingerprint density at radius 1 is 1.50 bits per heavy atom. The fourth-order valence-corrected chi connectivity index (χ4v) is 2.29. The van der Waals surface area contributed by atoms with E-state index in [0.29, 0.717) is 12.5 Å². The second-order valence-electron chi connectivity index (χ2n) is 4.92. The lowest BCUT2D eigenvalue weighted by atomic mass is 10.0. The zero-order valence-electron chi connectivity index (χ0n) is 10.8. The Morgan fingerprint density at radius 3 is 2.89 bits per heavy atom. The Kier molecular flexibility index (Phi) is 4.33. The van der Waals surface area contributed by atoms with E-state index in [1.165, 1.54) is 0 Å². The number of benzene rings is 1. The van der Waals surface area contributed by atoms with Crippen molar-refractivity contribution in [3.05, 3.63) is 35.9 Å². The van der Waals surface area contributed by atoms with E-state index in [1.807, 2.05) is 35.2 Å². The molecule has 0 radical (unpaired) electrons. The molecule has 1 aliphatic heterocycles. The van der Waals surface area contributed by atoms with Gasteiger partial charge in [0.2, 0.25) is 5.91 Å². The summed E-state index contributed by atoms with van der Waals surface area (Å²) in [5.41, 5.74) is 7.10. The molecule has 18 heavy (non-hydrogen) atoms. The number of hydrogen-bond acceptors (Lipinski definition) is 3. The maximum absolute atomic E-state index is 12.1. The Balaban J connectivity index is 1.91. The molecular formula is C14H21N3O. The van der Waals surface area contributed by atoms with E-state index in [4.69, 9.17) is 5.73 Å². The number of carbonyl (C=O) groups excluding carboxylic acids is 1. The molecule has 0 unspecified atom stereocenters. The van der Waals surface area contributed by atoms with Crippen LogP contribution in [0.1, 0.15) is 24.9 Å². The van der Waals surface area contributed by atoms with Crippen LogP contribution in [0, 0.1) is 0 Å². The first-order chi connectivity index (χ1) is 8.66. The lowest BCUT2D eigenvalue weighted by molar-refractivity contribution is -0.132. The molecule has 1 saturated heterocycles. The summed E-state index contributed by atoms with van der Waals surface area (Å²) < 4.78 is 0. The van der Waals surface area contributed by atoms with E-state index >= 15 is 0 Å². The van der Waals surface area contributed by atoms with Crippen molar-refractivity contribution in [1.82, 2.24) is 10.2 Å². The molecule has 0 bridgehead atoms. The molecule has 1 heterocycles. The van der Waals surface area contributed by atoms with Crippen LogP contribution in [0.3, 0.4) is 0 Å². The molecule has 0 aliphatic carbocycles. The van der Waals surface area contributed by atoms with Gasteiger partial charge in [0.05, 0.1) is 0 Å². The molecular weight excluding hydrogens is 226 g/mol. The molecule has 0 aromatic heterocycles. The minimum absolute atomic E-state index is 0.153. The van der Waals surface area contributed by atoms with E-state index in [1.54, 1.807) is 0 Å². The SMILES string of the molecule is C[C@H]1CN(C(=O)C[C@H](N)c2ccccc2)CCN1. The Labute approximate surface area is 108 Å². The van der Waals surface area contributed by atoms with Gasteiger partial charge in [0.25, 0.3) is 0 Å². The predicted molar refractivity (Wildman–Crippen MR) is 72.0 cm³/mol. The standard InChI is InChI=1S/C14H21N3O/c1-11-10-17(8-7-16-11)14(18)9-13(15)12-5-3-2-4-6-12/h2-6,11,13,16H,7-10,15H2,1H3/t11-,13-/m0/s1. The lowest BCUT2D eigenvalue weighted by Crippen LogP contribution is -2.51. The zero-order chi connectivity index (χ0) is 13.0. The van der Waals surface area contributed by atoms with Crippen LogP contribution in [0.2, 0.25) is 0 Å². The molecule has 4 nitrogen and oxygen atoms in total. The third-order valence-corrected chi connectivity index (χ3v) is 3.34. The molecule has 2 atom stereocenters. The summed E-state index contributed by atoms with van der Waals surface area (Å²) >= 11 is 0. The molecule has 3 N–H and O–H groups in total. The van der Waals surface area contributed by atoms with Crippen LogP contribution >= 0.6 is 0 Å². The van der Waals surface area contributed by atoms with Gasteiger partial charge in [-0.2, -0.15) is 0 Å². The van der Waals surface area contributed by atoms with Crippen molar-refractivity contribution in [2.75, 3.05) is 19.6 Å². The quantitative estimate of drug-likeness (QED) is 0.834. The minimum atomic E-state index is -0.205. The topological polar surface area (TPSA) is 58.4 Å². The van der Waals surface area contributed by atoms with E-state index in [9.17, 15) is 4.79 Å². The fraction of sp³-hybridized carbons (Fsp3) is 0.500. The average Bonchev–Trinajstić information content (AvgIpc) is 2.39. The molecule has 4 heteroatoms. The third-order valence-electron chi connectivity index (χ3n) is 3.34. The predicted octanol–water partition coefficient (Wildman–Crippen LogP) is 0.897. The summed E-state index contributed by atoms with van der Waals surface area (Å²) in [6, 6.07) is 9.96. The summed E-state index contributed by atoms with van der Waals surface area (Å²) in [4.78, 5) is 14.1. The van der Waals surface area contributed by atoms with Gasteiger partial charge in [0.15, 0.2) is 0 Å². The molecule has 0 spiro atoms. The van der Waals surface area contributed by atoms with Gasteiger partial charge < -0.3 is 16.0 Å². The van der Waals surface area contributed by atoms with Gasteiger partial charge in [0, 0.05) is 38.1 Å². The van der Waals surface area contributed by atoms with Gasteiger partial charge in [-0.1, -0.05) is 30.3 Å². The van der Waals surface area contributed by atoms with Crippen molar-refractivity contribution < 1.29 is 4.79 Å². The van der Waals surface area contributed by atoms with Gasteiger partial charge in [-0.3, -0.25) is 4.79 Å². The van der Waals surface area contributed by atoms with Crippen molar-refractivity contribution in [3.63, 3.8) is 0 Å². The summed E-state index contributed by atoms with van der Waals surface area (Å²) in [6.45, 7) is 4.52. The first-order valence-corrected chi connectivity index (χ1v) is 6.48. The molecule has 0 saturated carbocycles. The van der Waals surface area contributed by atoms with Crippen molar-refractivity contribution in [1.29, 1.82) is 0 Å². The second-order valence-corrected chi connectivity index (χ2v) is 4.92. The first-order valence-electron chi connectivity index (χ1n) is 6.48. The first kappa shape index (κ1) is 13.1. The maximum atomic E-state index is 12.1. The second kappa shape index (κ2) is 5.98. The number of hydrogen-bond donors (Lipinski definition) is 2. The maximum Gasteiger partial charge on any atom is 0.224 e. The minimum Gasteiger partial charge on any atom is -0.340 e. The highest BCUT2D eigenvalue weighted by Crippen LogP contribution is 2.15. The van der Waals surface area contributed by atoms with Crippen LogP contribution in [0.15, 0.2) is 30.3 Å². The molecule has 1 amide bonds. The fourth-order valence-electron chi connectivity index (χ4n) is 2.29. The van der Waals surface area contributed by atoms with Crippen molar-refractivity contribution in [2.24, 2.45) is 5.73 Å². The average molecular weight is 247 g/mol. The highest BCUT2D eigenvalue weighted by atomic mass is 16.2. The van der Waals surface area contributed by atoms with Gasteiger partial charge >= 0.3 is 0 Å². The number of nitrogens with two attached hydrogens (primary N) is 1. The van der Waals surface area contributed by atoms with Gasteiger partial charge in [-0.15, -0.1) is 0 Å². The molecule has 1 aliphatic rings. The smallest absolute Gasteiger partial charge is 0.224 e. The molecule has 1 aromatic rings. The summed E-state index contributed by atoms with van der Waals surface area (Å²) in [7, 11) is 0. The Morgan fingerprint density at radius 2 is 2.22 bits per heavy atom. The monoisotopic (exact) mass is 247 g/mol. The number of carbonyl (C=O) groups is 1. The van der Waals surface area contributed by atoms with Crippen LogP contribution in [0.4, 0.5) is 0 Å². The van der Waals surface area contributed by atoms with Gasteiger partial charge in [-0.05, 0) is 12.5 Å². The van der Waals surface area contributed by atoms with Gasteiger partial charge in [-0.25, -0.2) is 0 Å². The molecule has 2 rings (SSSR count). The highest BCUT2D eigenvalue weighted by molar-refractivity contribution is 5.77. The highest BCUT2D eigenvalue weighted by Gasteiger charge is 2.22. The van der Waals surface area contributed by atoms with Crippen molar-refractivity contribution in [3.8, 4) is 0 Å². The lowest BCUT2D eigenvalue weighted by Gasteiger charge is -2.32. The van der Waals surface area contributed by atoms with Crippen LogP contribution in [-0.2, 0) is 4.79 Å². The number of nitrogens with one attached hydrogen (secondary N) is 1. The van der Waals surface area contributed by atoms with E-state index < -0.39 is 0 Å². The summed E-state index contributed by atoms with van der Waals surface area (Å²) in [5, 5.41) is 3.33. The van der Waals surface area contributed by atoms with Crippen LogP contribution in [-0.4, -0.2) is 36.5 Å². The molecule has 1 fully saturated rings. The summed E-state index contributed by atoms with van der Waals surface area (Å²) in [5.74, 6) is 0.153. The number of rotatable bonds is 3. The Bertz CT molecular complexity index is 393. The number of nitrogens with zero attached hydrogens (tertiary/aromatic N) is 1. The number of piperazine rings is 1. The van der Waals surface area contributed by atoms with E-state index in [-0.39, 0.29) is 11.9 Å². The van der Waals surface area contributed by atoms with E-state index in [0.717, 1.165) is 25.2 Å². The normalized spacial score (nSPS) is 21.7. The zero-order valence-corrected chi connectivity index (χ0v) is 10.8. The largest absolute Gasteiger partial charge is 0.340 e. The summed E-state index contributed by atoms with van der Waals surface area (Å²) in [6.07, 6.45) is 0.386. The van der Waals surface area contributed by atoms with Crippen LogP contribution in [0.25, 0.3) is 0 Å². The van der Waals surface area contributed by atoms with Gasteiger partial charge in [0.1, 0.15) is 0 Å². The molecule has 98 valence electrons. The third kappa shape index (κ3) is 3.31.